The molecule has 0 bridgehead atoms. The van der Waals surface area contributed by atoms with E-state index >= 15 is 0 Å². The number of ether oxygens (including phenoxy) is 1. The second-order valence-corrected chi connectivity index (χ2v) is 8.19. The lowest BCUT2D eigenvalue weighted by Crippen LogP contribution is -2.24. The van der Waals surface area contributed by atoms with Crippen LogP contribution >= 0.6 is 11.6 Å². The van der Waals surface area contributed by atoms with Gasteiger partial charge in [-0.15, -0.1) is 0 Å². The van der Waals surface area contributed by atoms with Crippen molar-refractivity contribution in [3.63, 3.8) is 0 Å². The van der Waals surface area contributed by atoms with Gasteiger partial charge in [-0.05, 0) is 43.2 Å². The third-order valence-corrected chi connectivity index (χ3v) is 5.88. The van der Waals surface area contributed by atoms with Crippen LogP contribution in [0.4, 0.5) is 0 Å². The monoisotopic (exact) mass is 447 g/mol. The Bertz CT molecular complexity index is 1510. The van der Waals surface area contributed by atoms with E-state index in [1.165, 1.54) is 0 Å². The first-order valence-corrected chi connectivity index (χ1v) is 10.8. The molecule has 32 heavy (non-hydrogen) atoms. The number of aromatic nitrogens is 5. The zero-order valence-electron chi connectivity index (χ0n) is 17.9. The maximum atomic E-state index is 13.6. The fraction of sp³-hybridized carbons (Fsp3) is 0.250. The largest absolute Gasteiger partial charge is 0.385 e. The summed E-state index contributed by atoms with van der Waals surface area (Å²) in [7, 11) is 1.65. The molecule has 0 amide bonds. The highest BCUT2D eigenvalue weighted by Gasteiger charge is 2.21. The van der Waals surface area contributed by atoms with Crippen molar-refractivity contribution < 1.29 is 4.74 Å². The highest BCUT2D eigenvalue weighted by molar-refractivity contribution is 6.30. The molecule has 0 saturated heterocycles. The SMILES string of the molecule is COCCCn1c(C)nc2c(c1=O)c1nc3ccccc3nc1n2Cc1ccc(Cl)cc1. The van der Waals surface area contributed by atoms with Crippen LogP contribution in [0.15, 0.2) is 53.3 Å². The van der Waals surface area contributed by atoms with E-state index in [1.807, 2.05) is 60.0 Å². The molecule has 162 valence electrons. The molecule has 0 aliphatic carbocycles. The number of fused-ring (bicyclic) bond motifs is 4. The Hall–Kier alpha value is -3.29. The minimum Gasteiger partial charge on any atom is -0.385 e. The Morgan fingerprint density at radius 3 is 2.38 bits per heavy atom. The maximum Gasteiger partial charge on any atom is 0.265 e. The highest BCUT2D eigenvalue weighted by Crippen LogP contribution is 2.26. The fourth-order valence-corrected chi connectivity index (χ4v) is 4.18. The van der Waals surface area contributed by atoms with Crippen molar-refractivity contribution in [2.24, 2.45) is 0 Å². The number of halogens is 1. The third kappa shape index (κ3) is 3.53. The van der Waals surface area contributed by atoms with Crippen molar-refractivity contribution in [3.05, 3.63) is 75.3 Å². The summed E-state index contributed by atoms with van der Waals surface area (Å²) in [5, 5.41) is 1.17. The molecule has 0 fully saturated rings. The molecular weight excluding hydrogens is 426 g/mol. The van der Waals surface area contributed by atoms with Gasteiger partial charge in [0.15, 0.2) is 11.3 Å². The van der Waals surface area contributed by atoms with E-state index in [4.69, 9.17) is 31.3 Å². The predicted octanol–water partition coefficient (Wildman–Crippen LogP) is 4.34. The molecule has 0 atom stereocenters. The van der Waals surface area contributed by atoms with Crippen molar-refractivity contribution in [2.45, 2.75) is 26.4 Å². The van der Waals surface area contributed by atoms with E-state index in [-0.39, 0.29) is 5.56 Å². The fourth-order valence-electron chi connectivity index (χ4n) is 4.05. The van der Waals surface area contributed by atoms with Crippen LogP contribution in [-0.4, -0.2) is 37.8 Å². The molecule has 0 radical (unpaired) electrons. The lowest BCUT2D eigenvalue weighted by Gasteiger charge is -2.11. The highest BCUT2D eigenvalue weighted by atomic mass is 35.5. The zero-order valence-corrected chi connectivity index (χ0v) is 18.6. The van der Waals surface area contributed by atoms with Crippen molar-refractivity contribution in [1.29, 1.82) is 0 Å². The number of para-hydroxylation sites is 2. The summed E-state index contributed by atoms with van der Waals surface area (Å²) < 4.78 is 8.83. The van der Waals surface area contributed by atoms with Crippen LogP contribution in [0.2, 0.25) is 5.02 Å². The van der Waals surface area contributed by atoms with Crippen molar-refractivity contribution in [3.8, 4) is 0 Å². The quantitative estimate of drug-likeness (QED) is 0.362. The molecule has 2 aromatic carbocycles. The van der Waals surface area contributed by atoms with Gasteiger partial charge >= 0.3 is 0 Å². The van der Waals surface area contributed by atoms with Crippen LogP contribution in [-0.2, 0) is 17.8 Å². The molecule has 3 heterocycles. The summed E-state index contributed by atoms with van der Waals surface area (Å²) in [4.78, 5) is 28.1. The van der Waals surface area contributed by atoms with E-state index in [0.717, 1.165) is 23.0 Å². The van der Waals surface area contributed by atoms with Crippen LogP contribution in [0, 0.1) is 6.92 Å². The lowest BCUT2D eigenvalue weighted by atomic mass is 10.2. The van der Waals surface area contributed by atoms with E-state index in [1.54, 1.807) is 11.7 Å². The molecule has 5 rings (SSSR count). The van der Waals surface area contributed by atoms with Gasteiger partial charge in [-0.2, -0.15) is 0 Å². The minimum atomic E-state index is -0.104. The van der Waals surface area contributed by atoms with Crippen LogP contribution in [0.25, 0.3) is 33.2 Å². The first-order chi connectivity index (χ1) is 15.6. The molecule has 3 aromatic heterocycles. The molecule has 8 heteroatoms. The van der Waals surface area contributed by atoms with Crippen molar-refractivity contribution in [2.75, 3.05) is 13.7 Å². The Morgan fingerprint density at radius 1 is 0.938 bits per heavy atom. The third-order valence-electron chi connectivity index (χ3n) is 5.63. The molecule has 5 aromatic rings. The zero-order chi connectivity index (χ0) is 22.2. The van der Waals surface area contributed by atoms with Gasteiger partial charge in [0.25, 0.3) is 5.56 Å². The van der Waals surface area contributed by atoms with Crippen molar-refractivity contribution >= 4 is 44.8 Å². The number of nitrogens with zero attached hydrogens (tertiary/aromatic N) is 5. The Kier molecular flexibility index (Phi) is 5.36. The Morgan fingerprint density at radius 2 is 1.66 bits per heavy atom. The summed E-state index contributed by atoms with van der Waals surface area (Å²) in [6.07, 6.45) is 0.725. The van der Waals surface area contributed by atoms with Crippen molar-refractivity contribution in [1.82, 2.24) is 24.1 Å². The summed E-state index contributed by atoms with van der Waals surface area (Å²) in [6, 6.07) is 15.3. The van der Waals surface area contributed by atoms with Gasteiger partial charge in [-0.25, -0.2) is 15.0 Å². The summed E-state index contributed by atoms with van der Waals surface area (Å²) in [5.41, 5.74) is 4.27. The summed E-state index contributed by atoms with van der Waals surface area (Å²) in [5.74, 6) is 0.656. The number of aryl methyl sites for hydroxylation is 1. The second-order valence-electron chi connectivity index (χ2n) is 7.76. The number of benzene rings is 2. The Balaban J connectivity index is 1.80. The maximum absolute atomic E-state index is 13.6. The molecule has 0 saturated carbocycles. The van der Waals surface area contributed by atoms with Crippen LogP contribution in [0.1, 0.15) is 17.8 Å². The summed E-state index contributed by atoms with van der Waals surface area (Å²) >= 11 is 6.07. The minimum absolute atomic E-state index is 0.104. The Labute approximate surface area is 189 Å². The topological polar surface area (TPSA) is 74.8 Å². The molecule has 0 aliphatic heterocycles. The average molecular weight is 448 g/mol. The summed E-state index contributed by atoms with van der Waals surface area (Å²) in [6.45, 7) is 3.47. The smallest absolute Gasteiger partial charge is 0.265 e. The molecule has 0 unspecified atom stereocenters. The lowest BCUT2D eigenvalue weighted by molar-refractivity contribution is 0.189. The van der Waals surface area contributed by atoms with Crippen LogP contribution in [0.3, 0.4) is 0 Å². The van der Waals surface area contributed by atoms with Gasteiger partial charge in [0, 0.05) is 25.3 Å². The van der Waals surface area contributed by atoms with E-state index in [2.05, 4.69) is 0 Å². The second kappa shape index (κ2) is 8.33. The molecule has 0 N–H and O–H groups in total. The van der Waals surface area contributed by atoms with Gasteiger partial charge in [-0.3, -0.25) is 9.36 Å². The van der Waals surface area contributed by atoms with Gasteiger partial charge in [0.05, 0.1) is 17.6 Å². The first kappa shape index (κ1) is 20.6. The first-order valence-electron chi connectivity index (χ1n) is 10.5. The standard InChI is InChI=1S/C24H22ClN5O2/c1-15-26-22-20(24(31)29(15)12-5-13-32-2)21-23(28-19-7-4-3-6-18(19)27-21)30(22)14-16-8-10-17(25)11-9-16/h3-4,6-11H,5,12-14H2,1-2H3. The van der Waals surface area contributed by atoms with Crippen LogP contribution in [0.5, 0.6) is 0 Å². The van der Waals surface area contributed by atoms with Gasteiger partial charge < -0.3 is 9.30 Å². The number of hydrogen-bond donors (Lipinski definition) is 0. The molecular formula is C24H22ClN5O2. The number of methoxy groups -OCH3 is 1. The molecule has 0 aliphatic rings. The van der Waals surface area contributed by atoms with Gasteiger partial charge in [-0.1, -0.05) is 35.9 Å². The van der Waals surface area contributed by atoms with E-state index in [9.17, 15) is 4.79 Å². The van der Waals surface area contributed by atoms with E-state index < -0.39 is 0 Å². The predicted molar refractivity (Wildman–Crippen MR) is 126 cm³/mol. The van der Waals surface area contributed by atoms with Crippen LogP contribution < -0.4 is 5.56 Å². The average Bonchev–Trinajstić information content (AvgIpc) is 3.08. The molecule has 7 nitrogen and oxygen atoms in total. The van der Waals surface area contributed by atoms with Gasteiger partial charge in [0.2, 0.25) is 0 Å². The number of rotatable bonds is 6. The molecule has 0 spiro atoms. The number of hydrogen-bond acceptors (Lipinski definition) is 5. The van der Waals surface area contributed by atoms with Gasteiger partial charge in [0.1, 0.15) is 16.7 Å². The van der Waals surface area contributed by atoms with E-state index in [0.29, 0.717) is 52.7 Å². The normalized spacial score (nSPS) is 11.7.